The molecule has 0 radical (unpaired) electrons. The van der Waals surface area contributed by atoms with Gasteiger partial charge in [-0.3, -0.25) is 4.79 Å². The van der Waals surface area contributed by atoms with Gasteiger partial charge in [0.2, 0.25) is 5.91 Å². The Hall–Kier alpha value is -0.320. The maximum atomic E-state index is 12.7. The lowest BCUT2D eigenvalue weighted by Gasteiger charge is -2.36. The largest absolute Gasteiger partial charge is 0.384 e. The molecular formula is C17H35ClN2O2. The smallest absolute Gasteiger partial charge is 0.228 e. The van der Waals surface area contributed by atoms with Gasteiger partial charge in [-0.05, 0) is 44.7 Å². The van der Waals surface area contributed by atoms with E-state index in [2.05, 4.69) is 24.5 Å². The topological polar surface area (TPSA) is 50.4 Å². The van der Waals surface area contributed by atoms with Gasteiger partial charge in [-0.2, -0.15) is 0 Å². The van der Waals surface area contributed by atoms with Gasteiger partial charge in [0, 0.05) is 13.7 Å². The summed E-state index contributed by atoms with van der Waals surface area (Å²) in [6.07, 6.45) is 7.86. The van der Waals surface area contributed by atoms with Crippen molar-refractivity contribution < 1.29 is 9.53 Å². The summed E-state index contributed by atoms with van der Waals surface area (Å²) in [6.45, 7) is 7.62. The summed E-state index contributed by atoms with van der Waals surface area (Å²) < 4.78 is 5.34. The Morgan fingerprint density at radius 1 is 1.23 bits per heavy atom. The highest BCUT2D eigenvalue weighted by Gasteiger charge is 2.39. The molecule has 1 rings (SSSR count). The zero-order valence-electron chi connectivity index (χ0n) is 14.6. The second-order valence-corrected chi connectivity index (χ2v) is 6.47. The molecule has 1 heterocycles. The summed E-state index contributed by atoms with van der Waals surface area (Å²) in [5.74, 6) is 0.823. The monoisotopic (exact) mass is 334 g/mol. The number of ether oxygens (including phenoxy) is 1. The predicted molar refractivity (Wildman–Crippen MR) is 94.6 cm³/mol. The van der Waals surface area contributed by atoms with E-state index < -0.39 is 0 Å². The van der Waals surface area contributed by atoms with Crippen molar-refractivity contribution in [3.8, 4) is 0 Å². The van der Waals surface area contributed by atoms with Crippen molar-refractivity contribution in [1.82, 2.24) is 10.6 Å². The van der Waals surface area contributed by atoms with Crippen LogP contribution in [0.15, 0.2) is 0 Å². The summed E-state index contributed by atoms with van der Waals surface area (Å²) in [6, 6.07) is 0. The van der Waals surface area contributed by atoms with Crippen LogP contribution in [0.25, 0.3) is 0 Å². The number of carbonyl (C=O) groups is 1. The number of piperidine rings is 1. The number of halogens is 1. The molecule has 22 heavy (non-hydrogen) atoms. The fourth-order valence-electron chi connectivity index (χ4n) is 3.29. The van der Waals surface area contributed by atoms with E-state index in [4.69, 9.17) is 4.74 Å². The first-order chi connectivity index (χ1) is 10.2. The van der Waals surface area contributed by atoms with Gasteiger partial charge < -0.3 is 15.4 Å². The molecule has 1 aliphatic rings. The van der Waals surface area contributed by atoms with Crippen molar-refractivity contribution in [2.75, 3.05) is 33.4 Å². The molecule has 4 nitrogen and oxygen atoms in total. The summed E-state index contributed by atoms with van der Waals surface area (Å²) >= 11 is 0. The van der Waals surface area contributed by atoms with Gasteiger partial charge in [-0.15, -0.1) is 12.4 Å². The number of nitrogens with one attached hydrogen (secondary N) is 2. The number of carbonyl (C=O) groups excluding carboxylic acids is 1. The van der Waals surface area contributed by atoms with E-state index in [1.807, 2.05) is 0 Å². The Kier molecular flexibility index (Phi) is 12.0. The lowest BCUT2D eigenvalue weighted by molar-refractivity contribution is -0.136. The Morgan fingerprint density at radius 2 is 1.91 bits per heavy atom. The predicted octanol–water partition coefficient (Wildman–Crippen LogP) is 3.15. The number of unbranched alkanes of at least 4 members (excludes halogenated alkanes) is 1. The first-order valence-corrected chi connectivity index (χ1v) is 8.66. The molecule has 0 aromatic heterocycles. The van der Waals surface area contributed by atoms with Crippen molar-refractivity contribution in [2.45, 2.75) is 58.8 Å². The SMILES string of the molecule is CCCCC(CCC)CNC(=O)C1(COC)CCNCC1.Cl. The van der Waals surface area contributed by atoms with Gasteiger partial charge in [0.25, 0.3) is 0 Å². The molecule has 0 aromatic carbocycles. The van der Waals surface area contributed by atoms with Crippen LogP contribution in [0, 0.1) is 11.3 Å². The second kappa shape index (κ2) is 12.1. The minimum absolute atomic E-state index is 0. The van der Waals surface area contributed by atoms with Crippen LogP contribution in [0.3, 0.4) is 0 Å². The van der Waals surface area contributed by atoms with Crippen LogP contribution in [0.4, 0.5) is 0 Å². The molecule has 0 bridgehead atoms. The fraction of sp³-hybridized carbons (Fsp3) is 0.941. The van der Waals surface area contributed by atoms with Crippen LogP contribution in [-0.2, 0) is 9.53 Å². The molecule has 5 heteroatoms. The maximum absolute atomic E-state index is 12.7. The molecule has 2 N–H and O–H groups in total. The minimum atomic E-state index is -0.318. The zero-order valence-corrected chi connectivity index (χ0v) is 15.4. The molecule has 0 spiro atoms. The molecule has 0 aliphatic carbocycles. The number of hydrogen-bond acceptors (Lipinski definition) is 3. The van der Waals surface area contributed by atoms with E-state index in [1.54, 1.807) is 7.11 Å². The van der Waals surface area contributed by atoms with Crippen LogP contribution in [0.2, 0.25) is 0 Å². The van der Waals surface area contributed by atoms with Gasteiger partial charge in [0.1, 0.15) is 0 Å². The van der Waals surface area contributed by atoms with Gasteiger partial charge in [-0.25, -0.2) is 0 Å². The standard InChI is InChI=1S/C17H34N2O2.ClH/c1-4-6-8-15(7-5-2)13-19-16(20)17(14-21-3)9-11-18-12-10-17;/h15,18H,4-14H2,1-3H3,(H,19,20);1H. The highest BCUT2D eigenvalue weighted by molar-refractivity contribution is 5.85. The molecule has 1 amide bonds. The Balaban J connectivity index is 0.00000441. The highest BCUT2D eigenvalue weighted by Crippen LogP contribution is 2.29. The maximum Gasteiger partial charge on any atom is 0.228 e. The van der Waals surface area contributed by atoms with Gasteiger partial charge in [0.15, 0.2) is 0 Å². The Bertz CT molecular complexity index is 289. The Morgan fingerprint density at radius 3 is 2.45 bits per heavy atom. The highest BCUT2D eigenvalue weighted by atomic mass is 35.5. The first kappa shape index (κ1) is 21.7. The molecule has 0 aromatic rings. The molecule has 132 valence electrons. The average molecular weight is 335 g/mol. The van der Waals surface area contributed by atoms with E-state index in [0.717, 1.165) is 32.5 Å². The van der Waals surface area contributed by atoms with Crippen LogP contribution < -0.4 is 10.6 Å². The molecule has 1 unspecified atom stereocenters. The van der Waals surface area contributed by atoms with Gasteiger partial charge >= 0.3 is 0 Å². The molecule has 1 fully saturated rings. The van der Waals surface area contributed by atoms with Crippen molar-refractivity contribution in [3.63, 3.8) is 0 Å². The van der Waals surface area contributed by atoms with E-state index in [0.29, 0.717) is 12.5 Å². The third kappa shape index (κ3) is 6.84. The van der Waals surface area contributed by atoms with Crippen molar-refractivity contribution in [2.24, 2.45) is 11.3 Å². The van der Waals surface area contributed by atoms with E-state index in [1.165, 1.54) is 32.1 Å². The molecular weight excluding hydrogens is 300 g/mol. The van der Waals surface area contributed by atoms with Crippen LogP contribution in [0.5, 0.6) is 0 Å². The van der Waals surface area contributed by atoms with E-state index in [9.17, 15) is 4.79 Å². The quantitative estimate of drug-likeness (QED) is 0.645. The number of hydrogen-bond donors (Lipinski definition) is 2. The summed E-state index contributed by atoms with van der Waals surface area (Å²) in [5.41, 5.74) is -0.318. The Labute approximate surface area is 142 Å². The lowest BCUT2D eigenvalue weighted by atomic mass is 9.78. The third-order valence-electron chi connectivity index (χ3n) is 4.68. The summed E-state index contributed by atoms with van der Waals surface area (Å²) in [5, 5.41) is 6.56. The number of rotatable bonds is 10. The number of methoxy groups -OCH3 is 1. The normalized spacial score (nSPS) is 18.3. The van der Waals surface area contributed by atoms with Gasteiger partial charge in [0.05, 0.1) is 12.0 Å². The van der Waals surface area contributed by atoms with E-state index >= 15 is 0 Å². The molecule has 1 aliphatic heterocycles. The minimum Gasteiger partial charge on any atom is -0.384 e. The van der Waals surface area contributed by atoms with Crippen LogP contribution in [-0.4, -0.2) is 39.3 Å². The van der Waals surface area contributed by atoms with E-state index in [-0.39, 0.29) is 23.7 Å². The molecule has 1 atom stereocenters. The van der Waals surface area contributed by atoms with Crippen LogP contribution >= 0.6 is 12.4 Å². The van der Waals surface area contributed by atoms with Gasteiger partial charge in [-0.1, -0.05) is 33.1 Å². The second-order valence-electron chi connectivity index (χ2n) is 6.47. The molecule has 1 saturated heterocycles. The average Bonchev–Trinajstić information content (AvgIpc) is 2.51. The number of amides is 1. The summed E-state index contributed by atoms with van der Waals surface area (Å²) in [7, 11) is 1.69. The van der Waals surface area contributed by atoms with Crippen molar-refractivity contribution in [1.29, 1.82) is 0 Å². The lowest BCUT2D eigenvalue weighted by Crippen LogP contribution is -2.50. The van der Waals surface area contributed by atoms with Crippen molar-refractivity contribution >= 4 is 18.3 Å². The first-order valence-electron chi connectivity index (χ1n) is 8.66. The van der Waals surface area contributed by atoms with Crippen molar-refractivity contribution in [3.05, 3.63) is 0 Å². The fourth-order valence-corrected chi connectivity index (χ4v) is 3.29. The van der Waals surface area contributed by atoms with Crippen LogP contribution in [0.1, 0.15) is 58.8 Å². The molecule has 0 saturated carbocycles. The zero-order chi connectivity index (χ0) is 15.6. The third-order valence-corrected chi connectivity index (χ3v) is 4.68. The summed E-state index contributed by atoms with van der Waals surface area (Å²) in [4.78, 5) is 12.7.